The molecule has 0 bridgehead atoms. The van der Waals surface area contributed by atoms with Crippen LogP contribution in [0.15, 0.2) is 73.5 Å². The summed E-state index contributed by atoms with van der Waals surface area (Å²) in [5.41, 5.74) is 3.52. The molecule has 0 atom stereocenters. The normalized spacial score (nSPS) is 11.6. The fourth-order valence-electron chi connectivity index (χ4n) is 1.78. The second-order valence-electron chi connectivity index (χ2n) is 4.03. The summed E-state index contributed by atoms with van der Waals surface area (Å²) >= 11 is 3.46. The predicted octanol–water partition coefficient (Wildman–Crippen LogP) is 5.22. The van der Waals surface area contributed by atoms with Gasteiger partial charge in [-0.3, -0.25) is 0 Å². The molecule has 0 spiro atoms. The fraction of sp³-hybridized carbons (Fsp3) is 0.176. The highest BCUT2D eigenvalue weighted by molar-refractivity contribution is 9.08. The molecule has 0 N–H and O–H groups in total. The Morgan fingerprint density at radius 1 is 1.26 bits per heavy atom. The van der Waals surface area contributed by atoms with E-state index in [1.165, 1.54) is 5.56 Å². The van der Waals surface area contributed by atoms with Crippen molar-refractivity contribution in [2.75, 3.05) is 11.4 Å². The topological polar surface area (TPSA) is 3.24 Å². The maximum atomic E-state index is 3.84. The van der Waals surface area contributed by atoms with Crippen LogP contribution in [0, 0.1) is 0 Å². The van der Waals surface area contributed by atoms with Gasteiger partial charge in [0.15, 0.2) is 0 Å². The van der Waals surface area contributed by atoms with E-state index in [0.29, 0.717) is 0 Å². The van der Waals surface area contributed by atoms with Crippen molar-refractivity contribution in [3.8, 4) is 0 Å². The van der Waals surface area contributed by atoms with Crippen LogP contribution in [0.2, 0.25) is 0 Å². The molecule has 0 heterocycles. The zero-order chi connectivity index (χ0) is 14.1. The Morgan fingerprint density at radius 3 is 2.42 bits per heavy atom. The van der Waals surface area contributed by atoms with Gasteiger partial charge >= 0.3 is 0 Å². The van der Waals surface area contributed by atoms with E-state index in [4.69, 9.17) is 0 Å². The summed E-state index contributed by atoms with van der Waals surface area (Å²) < 4.78 is 0. The molecule has 0 radical (unpaired) electrons. The standard InChI is InChI=1S/C17H20BrN/c1-4-7-16(8-5-2)19(13-6-3)17-11-9-15(14-18)10-12-17/h4-12H,1,3,13-14H2,2H3/b8-5-,16-7+. The molecule has 1 aromatic carbocycles. The van der Waals surface area contributed by atoms with Gasteiger partial charge < -0.3 is 4.90 Å². The predicted molar refractivity (Wildman–Crippen MR) is 89.7 cm³/mol. The van der Waals surface area contributed by atoms with Crippen molar-refractivity contribution < 1.29 is 0 Å². The Bertz CT molecular complexity index is 469. The van der Waals surface area contributed by atoms with Crippen LogP contribution >= 0.6 is 15.9 Å². The Morgan fingerprint density at radius 2 is 1.95 bits per heavy atom. The summed E-state index contributed by atoms with van der Waals surface area (Å²) in [6, 6.07) is 8.50. The molecular formula is C17H20BrN. The van der Waals surface area contributed by atoms with E-state index >= 15 is 0 Å². The molecule has 0 aliphatic carbocycles. The number of hydrogen-bond acceptors (Lipinski definition) is 1. The zero-order valence-electron chi connectivity index (χ0n) is 11.3. The van der Waals surface area contributed by atoms with E-state index in [1.807, 2.05) is 25.2 Å². The molecule has 1 rings (SSSR count). The number of allylic oxidation sites excluding steroid dienone is 4. The van der Waals surface area contributed by atoms with Gasteiger partial charge in [-0.1, -0.05) is 52.9 Å². The maximum Gasteiger partial charge on any atom is 0.0413 e. The lowest BCUT2D eigenvalue weighted by Crippen LogP contribution is -2.21. The van der Waals surface area contributed by atoms with Crippen molar-refractivity contribution in [2.24, 2.45) is 0 Å². The Balaban J connectivity index is 3.13. The van der Waals surface area contributed by atoms with Crippen molar-refractivity contribution in [3.63, 3.8) is 0 Å². The highest BCUT2D eigenvalue weighted by atomic mass is 79.9. The summed E-state index contributed by atoms with van der Waals surface area (Å²) in [7, 11) is 0. The van der Waals surface area contributed by atoms with Gasteiger partial charge in [0.1, 0.15) is 0 Å². The van der Waals surface area contributed by atoms with Crippen molar-refractivity contribution in [2.45, 2.75) is 12.3 Å². The molecule has 0 aliphatic heterocycles. The smallest absolute Gasteiger partial charge is 0.0413 e. The number of halogens is 1. The van der Waals surface area contributed by atoms with Crippen LogP contribution in [0.3, 0.4) is 0 Å². The van der Waals surface area contributed by atoms with Crippen molar-refractivity contribution >= 4 is 21.6 Å². The highest BCUT2D eigenvalue weighted by Crippen LogP contribution is 2.21. The molecule has 0 fully saturated rings. The summed E-state index contributed by atoms with van der Waals surface area (Å²) in [6.45, 7) is 10.4. The van der Waals surface area contributed by atoms with Gasteiger partial charge in [-0.25, -0.2) is 0 Å². The minimum atomic E-state index is 0.762. The molecule has 1 aromatic rings. The van der Waals surface area contributed by atoms with Crippen LogP contribution in [-0.4, -0.2) is 6.54 Å². The summed E-state index contributed by atoms with van der Waals surface area (Å²) in [5, 5.41) is 0.874. The number of nitrogens with zero attached hydrogens (tertiary/aromatic N) is 1. The first-order chi connectivity index (χ1) is 9.26. The monoisotopic (exact) mass is 317 g/mol. The van der Waals surface area contributed by atoms with Gasteiger partial charge in [0.25, 0.3) is 0 Å². The molecule has 0 saturated carbocycles. The lowest BCUT2D eigenvalue weighted by atomic mass is 10.2. The second kappa shape index (κ2) is 8.54. The third-order valence-corrected chi connectivity index (χ3v) is 3.30. The van der Waals surface area contributed by atoms with E-state index < -0.39 is 0 Å². The van der Waals surface area contributed by atoms with Gasteiger partial charge in [0, 0.05) is 23.3 Å². The third-order valence-electron chi connectivity index (χ3n) is 2.65. The summed E-state index contributed by atoms with van der Waals surface area (Å²) in [6.07, 6.45) is 9.81. The molecule has 0 aromatic heterocycles. The minimum absolute atomic E-state index is 0.762. The molecule has 0 amide bonds. The van der Waals surface area contributed by atoms with Gasteiger partial charge in [-0.05, 0) is 36.8 Å². The molecule has 0 saturated heterocycles. The number of rotatable bonds is 7. The Labute approximate surface area is 124 Å². The zero-order valence-corrected chi connectivity index (χ0v) is 12.9. The van der Waals surface area contributed by atoms with Gasteiger partial charge in [0.2, 0.25) is 0 Å². The van der Waals surface area contributed by atoms with Crippen LogP contribution in [0.4, 0.5) is 5.69 Å². The lowest BCUT2D eigenvalue weighted by Gasteiger charge is -2.24. The summed E-state index contributed by atoms with van der Waals surface area (Å²) in [4.78, 5) is 2.20. The Hall–Kier alpha value is -1.54. The first-order valence-corrected chi connectivity index (χ1v) is 7.37. The molecule has 0 aliphatic rings. The molecule has 19 heavy (non-hydrogen) atoms. The van der Waals surface area contributed by atoms with Gasteiger partial charge in [0.05, 0.1) is 0 Å². The highest BCUT2D eigenvalue weighted by Gasteiger charge is 2.07. The average molecular weight is 318 g/mol. The number of anilines is 1. The van der Waals surface area contributed by atoms with Gasteiger partial charge in [-0.2, -0.15) is 0 Å². The molecule has 0 unspecified atom stereocenters. The summed E-state index contributed by atoms with van der Waals surface area (Å²) in [5.74, 6) is 0. The molecule has 100 valence electrons. The molecule has 1 nitrogen and oxygen atoms in total. The van der Waals surface area contributed by atoms with Gasteiger partial charge in [-0.15, -0.1) is 6.58 Å². The Kier molecular flexibility index (Phi) is 6.98. The molecular weight excluding hydrogens is 298 g/mol. The first-order valence-electron chi connectivity index (χ1n) is 6.25. The van der Waals surface area contributed by atoms with E-state index in [9.17, 15) is 0 Å². The fourth-order valence-corrected chi connectivity index (χ4v) is 2.15. The quantitative estimate of drug-likeness (QED) is 0.378. The van der Waals surface area contributed by atoms with E-state index in [0.717, 1.165) is 23.3 Å². The van der Waals surface area contributed by atoms with Crippen molar-refractivity contribution in [1.82, 2.24) is 0 Å². The van der Waals surface area contributed by atoms with E-state index in [2.05, 4.69) is 64.3 Å². The van der Waals surface area contributed by atoms with Crippen LogP contribution in [-0.2, 0) is 5.33 Å². The minimum Gasteiger partial charge on any atom is -0.338 e. The lowest BCUT2D eigenvalue weighted by molar-refractivity contribution is 1.04. The number of alkyl halides is 1. The van der Waals surface area contributed by atoms with E-state index in [-0.39, 0.29) is 0 Å². The SMILES string of the molecule is C=C/C=C(\C=C/C)N(CC=C)c1ccc(CBr)cc1. The van der Waals surface area contributed by atoms with E-state index in [1.54, 1.807) is 6.08 Å². The second-order valence-corrected chi connectivity index (χ2v) is 4.59. The van der Waals surface area contributed by atoms with Crippen LogP contribution in [0.5, 0.6) is 0 Å². The third kappa shape index (κ3) is 4.56. The maximum absolute atomic E-state index is 3.84. The van der Waals surface area contributed by atoms with Crippen molar-refractivity contribution in [1.29, 1.82) is 0 Å². The van der Waals surface area contributed by atoms with Crippen LogP contribution in [0.1, 0.15) is 12.5 Å². The average Bonchev–Trinajstić information content (AvgIpc) is 2.45. The number of hydrogen-bond donors (Lipinski definition) is 0. The van der Waals surface area contributed by atoms with Crippen LogP contribution < -0.4 is 4.90 Å². The molecule has 2 heteroatoms. The largest absolute Gasteiger partial charge is 0.338 e. The first kappa shape index (κ1) is 15.5. The van der Waals surface area contributed by atoms with Crippen molar-refractivity contribution in [3.05, 3.63) is 79.1 Å². The van der Waals surface area contributed by atoms with Crippen LogP contribution in [0.25, 0.3) is 0 Å². The number of benzene rings is 1.